The van der Waals surface area contributed by atoms with Gasteiger partial charge in [-0.15, -0.1) is 30.6 Å². The Morgan fingerprint density at radius 3 is 1.01 bits per heavy atom. The molecule has 0 fully saturated rings. The molecule has 13 heteroatoms. The van der Waals surface area contributed by atoms with Crippen LogP contribution >= 0.6 is 0 Å². The predicted octanol–water partition coefficient (Wildman–Crippen LogP) is 20.1. The number of oxazole rings is 2. The van der Waals surface area contributed by atoms with Gasteiger partial charge in [0.1, 0.15) is 17.5 Å². The molecule has 0 aliphatic carbocycles. The third kappa shape index (κ3) is 16.5. The number of hydrogen-bond acceptors (Lipinski definition) is 10. The van der Waals surface area contributed by atoms with E-state index in [1.807, 2.05) is 217 Å². The van der Waals surface area contributed by atoms with Gasteiger partial charge in [0.15, 0.2) is 29.0 Å². The lowest BCUT2D eigenvalue weighted by Gasteiger charge is -2.09. The van der Waals surface area contributed by atoms with Crippen LogP contribution in [0.5, 0.6) is 0 Å². The summed E-state index contributed by atoms with van der Waals surface area (Å²) in [5.41, 5.74) is 14.3. The number of allylic oxidation sites excluding steroid dienone is 2. The Morgan fingerprint density at radius 1 is 0.284 bits per heavy atom. The van der Waals surface area contributed by atoms with Crippen LogP contribution in [0.4, 0.5) is 0 Å². The molecule has 0 N–H and O–H groups in total. The molecular weight excluding hydrogens is 1170 g/mol. The van der Waals surface area contributed by atoms with Gasteiger partial charge in [0.2, 0.25) is 11.8 Å². The maximum Gasteiger partial charge on any atom is 0.226 e. The average molecular weight is 1240 g/mol. The minimum Gasteiger partial charge on any atom is -0.437 e. The standard InChI is InChI=1S/C21H17N3.C18H15NO.C16H15N3.C15H13N3.C12H11NO/c1-16-22-23-21(24(16)20-10-6-3-7-11-20)19-14-12-18(13-15-19)17-8-4-2-5-9-17;1-2-6-14-9-11-16(12-10-14)18-19-13-17(20-18)15-7-4-3-5-8-15;1-12-8-10-14(11-9-12)16-18-17-13(2)19(16)15-6-4-3-5-7-15;1-12-16-17-15(13-8-4-2-5-9-13)18(12)14-10-6-3-7-11-14;1-2-6-12-13-9-11(14-12)10-7-4-3-5-8-10/h2-15H,1H3;2-13H,1H3;3-11H,1-2H3;2-11H,1H3;2-9H,1H3/b;6-2+;;;6-2+. The fraction of sp³-hybridized carbons (Fsp3) is 0.0732. The van der Waals surface area contributed by atoms with Crippen LogP contribution in [0.3, 0.4) is 0 Å². The molecule has 5 aromatic heterocycles. The molecule has 15 rings (SSSR count). The Labute approximate surface area is 554 Å². The highest BCUT2D eigenvalue weighted by Crippen LogP contribution is 2.30. The van der Waals surface area contributed by atoms with Crippen molar-refractivity contribution in [1.82, 2.24) is 54.3 Å². The van der Waals surface area contributed by atoms with Crippen LogP contribution in [0.25, 0.3) is 109 Å². The van der Waals surface area contributed by atoms with Crippen LogP contribution in [-0.2, 0) is 0 Å². The van der Waals surface area contributed by atoms with Gasteiger partial charge in [0.25, 0.3) is 0 Å². The van der Waals surface area contributed by atoms with Gasteiger partial charge in [0, 0.05) is 50.4 Å². The summed E-state index contributed by atoms with van der Waals surface area (Å²) in [6, 6.07) is 95.9. The average Bonchev–Trinajstić information content (AvgIpc) is 1.87. The normalized spacial score (nSPS) is 10.8. The van der Waals surface area contributed by atoms with E-state index in [2.05, 4.69) is 189 Å². The van der Waals surface area contributed by atoms with Gasteiger partial charge in [-0.05, 0) is 113 Å². The second kappa shape index (κ2) is 32.0. The minimum atomic E-state index is 0.645. The highest BCUT2D eigenvalue weighted by atomic mass is 16.4. The van der Waals surface area contributed by atoms with Gasteiger partial charge < -0.3 is 8.83 Å². The molecule has 95 heavy (non-hydrogen) atoms. The van der Waals surface area contributed by atoms with Gasteiger partial charge in [-0.3, -0.25) is 13.7 Å². The molecule has 466 valence electrons. The van der Waals surface area contributed by atoms with Gasteiger partial charge in [-0.25, -0.2) is 9.97 Å². The van der Waals surface area contributed by atoms with Gasteiger partial charge in [0.05, 0.1) is 12.4 Å². The summed E-state index contributed by atoms with van der Waals surface area (Å²) in [7, 11) is 0. The van der Waals surface area contributed by atoms with E-state index < -0.39 is 0 Å². The number of benzene rings is 10. The van der Waals surface area contributed by atoms with Crippen LogP contribution in [0.1, 0.15) is 48.3 Å². The largest absolute Gasteiger partial charge is 0.437 e. The topological polar surface area (TPSA) is 144 Å². The molecule has 0 bridgehead atoms. The number of nitrogens with zero attached hydrogens (tertiary/aromatic N) is 11. The zero-order valence-electron chi connectivity index (χ0n) is 53.8. The summed E-state index contributed by atoms with van der Waals surface area (Å²) in [5.74, 6) is 8.16. The second-order valence-electron chi connectivity index (χ2n) is 21.8. The van der Waals surface area contributed by atoms with E-state index in [9.17, 15) is 0 Å². The summed E-state index contributed by atoms with van der Waals surface area (Å²) >= 11 is 0. The van der Waals surface area contributed by atoms with Crippen molar-refractivity contribution in [1.29, 1.82) is 0 Å². The molecule has 0 saturated heterocycles. The summed E-state index contributed by atoms with van der Waals surface area (Å²) in [6.07, 6.45) is 11.3. The maximum atomic E-state index is 5.83. The van der Waals surface area contributed by atoms with Crippen LogP contribution in [0, 0.1) is 27.7 Å². The molecule has 0 aliphatic heterocycles. The molecule has 13 nitrogen and oxygen atoms in total. The van der Waals surface area contributed by atoms with Crippen molar-refractivity contribution in [2.75, 3.05) is 0 Å². The monoisotopic (exact) mass is 1240 g/mol. The molecule has 0 radical (unpaired) electrons. The molecular formula is C82H71N11O2. The molecule has 0 spiro atoms. The van der Waals surface area contributed by atoms with Gasteiger partial charge >= 0.3 is 0 Å². The summed E-state index contributed by atoms with van der Waals surface area (Å²) in [5, 5.41) is 25.6. The molecule has 5 heterocycles. The van der Waals surface area contributed by atoms with E-state index in [0.717, 1.165) is 96.9 Å². The molecule has 0 amide bonds. The number of para-hydroxylation sites is 3. The highest BCUT2D eigenvalue weighted by molar-refractivity contribution is 5.69. The molecule has 0 saturated carbocycles. The third-order valence-electron chi connectivity index (χ3n) is 15.1. The molecule has 0 atom stereocenters. The van der Waals surface area contributed by atoms with Crippen molar-refractivity contribution in [2.45, 2.75) is 41.5 Å². The van der Waals surface area contributed by atoms with E-state index in [4.69, 9.17) is 8.83 Å². The zero-order chi connectivity index (χ0) is 65.6. The minimum absolute atomic E-state index is 0.645. The maximum absolute atomic E-state index is 5.83. The summed E-state index contributed by atoms with van der Waals surface area (Å²) in [6.45, 7) is 11.9. The first-order valence-corrected chi connectivity index (χ1v) is 31.3. The lowest BCUT2D eigenvalue weighted by atomic mass is 10.0. The Hall–Kier alpha value is -12.5. The van der Waals surface area contributed by atoms with E-state index in [-0.39, 0.29) is 0 Å². The first kappa shape index (κ1) is 64.1. The van der Waals surface area contributed by atoms with Crippen LogP contribution in [0.2, 0.25) is 0 Å². The summed E-state index contributed by atoms with van der Waals surface area (Å²) in [4.78, 5) is 8.48. The fourth-order valence-corrected chi connectivity index (χ4v) is 10.4. The number of rotatable bonds is 12. The second-order valence-corrected chi connectivity index (χ2v) is 21.8. The van der Waals surface area contributed by atoms with Crippen LogP contribution in [-0.4, -0.2) is 54.3 Å². The van der Waals surface area contributed by atoms with E-state index in [1.54, 1.807) is 12.4 Å². The Kier molecular flexibility index (Phi) is 21.6. The van der Waals surface area contributed by atoms with Crippen molar-refractivity contribution in [3.8, 4) is 96.5 Å². The zero-order valence-corrected chi connectivity index (χ0v) is 53.8. The van der Waals surface area contributed by atoms with Gasteiger partial charge in [-0.1, -0.05) is 260 Å². The lowest BCUT2D eigenvalue weighted by Crippen LogP contribution is -1.99. The van der Waals surface area contributed by atoms with E-state index in [1.165, 1.54) is 22.3 Å². The molecule has 0 aliphatic rings. The Morgan fingerprint density at radius 2 is 0.600 bits per heavy atom. The number of aromatic nitrogens is 11. The summed E-state index contributed by atoms with van der Waals surface area (Å²) < 4.78 is 17.6. The van der Waals surface area contributed by atoms with E-state index >= 15 is 0 Å². The predicted molar refractivity (Wildman–Crippen MR) is 383 cm³/mol. The first-order chi connectivity index (χ1) is 46.7. The lowest BCUT2D eigenvalue weighted by molar-refractivity contribution is 0.560. The Bertz CT molecular complexity index is 4830. The number of hydrogen-bond donors (Lipinski definition) is 0. The van der Waals surface area contributed by atoms with Crippen LogP contribution in [0.15, 0.2) is 318 Å². The number of aryl methyl sites for hydroxylation is 4. The van der Waals surface area contributed by atoms with Gasteiger partial charge in [-0.2, -0.15) is 0 Å². The van der Waals surface area contributed by atoms with Crippen molar-refractivity contribution < 1.29 is 8.83 Å². The third-order valence-corrected chi connectivity index (χ3v) is 15.1. The quantitative estimate of drug-likeness (QED) is 0.116. The molecule has 15 aromatic rings. The Balaban J connectivity index is 0.000000122. The SMILES string of the molecule is C/C=C/c1ccc(-c2ncc(-c3ccccc3)o2)cc1.C/C=C/c1ncc(-c2ccccc2)o1.Cc1ccc(-c2nnc(C)n2-c2ccccc2)cc1.Cc1nnc(-c2ccc(-c3ccccc3)cc2)n1-c1ccccc1.Cc1nnc(-c2ccccc2)n1-c1ccccc1. The smallest absolute Gasteiger partial charge is 0.226 e. The highest BCUT2D eigenvalue weighted by Gasteiger charge is 2.16. The van der Waals surface area contributed by atoms with E-state index in [0.29, 0.717) is 11.8 Å². The first-order valence-electron chi connectivity index (χ1n) is 31.3. The van der Waals surface area contributed by atoms with Crippen molar-refractivity contribution >= 4 is 12.2 Å². The van der Waals surface area contributed by atoms with Crippen molar-refractivity contribution in [3.63, 3.8) is 0 Å². The molecule has 10 aromatic carbocycles. The fourth-order valence-electron chi connectivity index (χ4n) is 10.4. The van der Waals surface area contributed by atoms with Crippen LogP contribution < -0.4 is 0 Å². The van der Waals surface area contributed by atoms with Crippen molar-refractivity contribution in [3.05, 3.63) is 344 Å². The molecule has 0 unspecified atom stereocenters. The van der Waals surface area contributed by atoms with Crippen molar-refractivity contribution in [2.24, 2.45) is 0 Å².